The molecule has 3 rings (SSSR count). The lowest BCUT2D eigenvalue weighted by molar-refractivity contribution is -0.141. The van der Waals surface area contributed by atoms with Gasteiger partial charge in [-0.1, -0.05) is 0 Å². The number of methoxy groups -OCH3 is 1. The summed E-state index contributed by atoms with van der Waals surface area (Å²) >= 11 is 0. The zero-order valence-electron chi connectivity index (χ0n) is 10.2. The number of nitrogens with one attached hydrogen (secondary N) is 1. The first kappa shape index (κ1) is 11.9. The fraction of sp³-hybridized carbons (Fsp3) is 0.917. The van der Waals surface area contributed by atoms with Crippen molar-refractivity contribution in [1.82, 2.24) is 10.2 Å². The quantitative estimate of drug-likeness (QED) is 0.714. The summed E-state index contributed by atoms with van der Waals surface area (Å²) in [4.78, 5) is 13.7. The van der Waals surface area contributed by atoms with E-state index in [0.29, 0.717) is 12.5 Å². The fourth-order valence-corrected chi connectivity index (χ4v) is 2.91. The van der Waals surface area contributed by atoms with Crippen molar-refractivity contribution in [2.45, 2.75) is 38.3 Å². The van der Waals surface area contributed by atoms with Crippen molar-refractivity contribution in [3.05, 3.63) is 0 Å². The Kier molecular flexibility index (Phi) is 3.82. The van der Waals surface area contributed by atoms with E-state index < -0.39 is 0 Å². The van der Waals surface area contributed by atoms with Gasteiger partial charge < -0.3 is 15.0 Å². The minimum absolute atomic E-state index is 0.124. The van der Waals surface area contributed by atoms with Crippen molar-refractivity contribution in [1.29, 1.82) is 0 Å². The molecular weight excluding hydrogens is 204 g/mol. The Labute approximate surface area is 97.3 Å². The lowest BCUT2D eigenvalue weighted by Crippen LogP contribution is -2.57. The monoisotopic (exact) mass is 226 g/mol. The van der Waals surface area contributed by atoms with Crippen LogP contribution in [0.3, 0.4) is 0 Å². The van der Waals surface area contributed by atoms with Gasteiger partial charge in [-0.2, -0.15) is 0 Å². The van der Waals surface area contributed by atoms with Crippen molar-refractivity contribution < 1.29 is 9.53 Å². The van der Waals surface area contributed by atoms with Gasteiger partial charge in [-0.05, 0) is 38.8 Å². The molecule has 2 bridgehead atoms. The van der Waals surface area contributed by atoms with Gasteiger partial charge in [0.15, 0.2) is 0 Å². The summed E-state index contributed by atoms with van der Waals surface area (Å²) in [6.45, 7) is 5.73. The third-order valence-electron chi connectivity index (χ3n) is 3.86. The van der Waals surface area contributed by atoms with E-state index in [9.17, 15) is 4.79 Å². The van der Waals surface area contributed by atoms with Gasteiger partial charge in [-0.3, -0.25) is 4.79 Å². The van der Waals surface area contributed by atoms with Crippen molar-refractivity contribution in [2.24, 2.45) is 5.92 Å². The number of hydrogen-bond donors (Lipinski definition) is 1. The molecule has 3 fully saturated rings. The number of piperidine rings is 3. The Balaban J connectivity index is 1.78. The van der Waals surface area contributed by atoms with Crippen molar-refractivity contribution in [3.63, 3.8) is 0 Å². The molecule has 3 heterocycles. The Hall–Kier alpha value is -0.610. The van der Waals surface area contributed by atoms with Gasteiger partial charge in [-0.25, -0.2) is 0 Å². The third-order valence-corrected chi connectivity index (χ3v) is 3.86. The van der Waals surface area contributed by atoms with Crippen LogP contribution in [0.4, 0.5) is 0 Å². The van der Waals surface area contributed by atoms with Gasteiger partial charge in [0.1, 0.15) is 0 Å². The molecule has 0 aliphatic carbocycles. The Morgan fingerprint density at radius 3 is 2.69 bits per heavy atom. The van der Waals surface area contributed by atoms with Gasteiger partial charge in [-0.15, -0.1) is 0 Å². The highest BCUT2D eigenvalue weighted by Crippen LogP contribution is 2.27. The SMILES string of the molecule is COC(=O)CC(C)NC1CN2CCC1CC2. The average molecular weight is 226 g/mol. The Morgan fingerprint density at radius 2 is 2.19 bits per heavy atom. The molecule has 1 N–H and O–H groups in total. The van der Waals surface area contributed by atoms with E-state index in [0.717, 1.165) is 12.5 Å². The van der Waals surface area contributed by atoms with E-state index in [1.165, 1.54) is 33.0 Å². The minimum atomic E-state index is -0.124. The zero-order valence-corrected chi connectivity index (χ0v) is 10.2. The first-order valence-corrected chi connectivity index (χ1v) is 6.24. The summed E-state index contributed by atoms with van der Waals surface area (Å²) in [6, 6.07) is 0.792. The smallest absolute Gasteiger partial charge is 0.307 e. The summed E-state index contributed by atoms with van der Waals surface area (Å²) < 4.78 is 4.68. The van der Waals surface area contributed by atoms with Crippen LogP contribution in [-0.4, -0.2) is 49.7 Å². The van der Waals surface area contributed by atoms with E-state index in [1.54, 1.807) is 0 Å². The van der Waals surface area contributed by atoms with E-state index in [1.807, 2.05) is 0 Å². The predicted molar refractivity (Wildman–Crippen MR) is 62.2 cm³/mol. The number of ether oxygens (including phenoxy) is 1. The summed E-state index contributed by atoms with van der Waals surface area (Å²) in [7, 11) is 1.45. The second kappa shape index (κ2) is 5.15. The number of esters is 1. The molecule has 0 aromatic heterocycles. The molecule has 0 radical (unpaired) electrons. The average Bonchev–Trinajstić information content (AvgIpc) is 2.30. The molecular formula is C12H22N2O2. The number of fused-ring (bicyclic) bond motifs is 3. The molecule has 4 nitrogen and oxygen atoms in total. The van der Waals surface area contributed by atoms with Crippen LogP contribution in [0.25, 0.3) is 0 Å². The van der Waals surface area contributed by atoms with Crippen molar-refractivity contribution in [2.75, 3.05) is 26.7 Å². The number of carbonyl (C=O) groups excluding carboxylic acids is 1. The number of rotatable bonds is 4. The highest BCUT2D eigenvalue weighted by Gasteiger charge is 2.34. The highest BCUT2D eigenvalue weighted by atomic mass is 16.5. The minimum Gasteiger partial charge on any atom is -0.469 e. The van der Waals surface area contributed by atoms with Gasteiger partial charge in [0.25, 0.3) is 0 Å². The molecule has 16 heavy (non-hydrogen) atoms. The van der Waals surface area contributed by atoms with Crippen LogP contribution in [0.2, 0.25) is 0 Å². The number of carbonyl (C=O) groups is 1. The molecule has 0 amide bonds. The topological polar surface area (TPSA) is 41.6 Å². The van der Waals surface area contributed by atoms with Gasteiger partial charge >= 0.3 is 5.97 Å². The lowest BCUT2D eigenvalue weighted by Gasteiger charge is -2.46. The van der Waals surface area contributed by atoms with Crippen molar-refractivity contribution >= 4 is 5.97 Å². The molecule has 0 spiro atoms. The van der Waals surface area contributed by atoms with E-state index in [4.69, 9.17) is 0 Å². The molecule has 2 unspecified atom stereocenters. The van der Waals surface area contributed by atoms with E-state index in [2.05, 4.69) is 21.9 Å². The third kappa shape index (κ3) is 2.74. The normalized spacial score (nSPS) is 34.8. The van der Waals surface area contributed by atoms with Gasteiger partial charge in [0, 0.05) is 18.6 Å². The summed E-state index contributed by atoms with van der Waals surface area (Å²) in [6.07, 6.45) is 3.09. The van der Waals surface area contributed by atoms with Crippen LogP contribution >= 0.6 is 0 Å². The molecule has 2 atom stereocenters. The molecule has 0 aromatic rings. The standard InChI is InChI=1S/C12H22N2O2/c1-9(7-12(15)16-2)13-11-8-14-5-3-10(11)4-6-14/h9-11,13H,3-8H2,1-2H3. The molecule has 4 heteroatoms. The molecule has 3 aliphatic rings. The largest absolute Gasteiger partial charge is 0.469 e. The maximum atomic E-state index is 11.2. The van der Waals surface area contributed by atoms with Crippen LogP contribution in [0.5, 0.6) is 0 Å². The predicted octanol–water partition coefficient (Wildman–Crippen LogP) is 0.622. The first-order valence-electron chi connectivity index (χ1n) is 6.24. The maximum absolute atomic E-state index is 11.2. The number of hydrogen-bond acceptors (Lipinski definition) is 4. The summed E-state index contributed by atoms with van der Waals surface area (Å²) in [5.41, 5.74) is 0. The number of nitrogens with zero attached hydrogens (tertiary/aromatic N) is 1. The van der Waals surface area contributed by atoms with Crippen LogP contribution < -0.4 is 5.32 Å². The summed E-state index contributed by atoms with van der Waals surface area (Å²) in [5, 5.41) is 3.57. The zero-order chi connectivity index (χ0) is 11.5. The van der Waals surface area contributed by atoms with Crippen LogP contribution in [0.1, 0.15) is 26.2 Å². The summed E-state index contributed by atoms with van der Waals surface area (Å²) in [5.74, 6) is 0.686. The molecule has 92 valence electrons. The van der Waals surface area contributed by atoms with Gasteiger partial charge in [0.05, 0.1) is 13.5 Å². The molecule has 0 aromatic carbocycles. The second-order valence-electron chi connectivity index (χ2n) is 5.09. The van der Waals surface area contributed by atoms with E-state index in [-0.39, 0.29) is 12.0 Å². The second-order valence-corrected chi connectivity index (χ2v) is 5.09. The lowest BCUT2D eigenvalue weighted by atomic mass is 9.83. The highest BCUT2D eigenvalue weighted by molar-refractivity contribution is 5.69. The van der Waals surface area contributed by atoms with Crippen LogP contribution in [-0.2, 0) is 9.53 Å². The van der Waals surface area contributed by atoms with Crippen LogP contribution in [0, 0.1) is 5.92 Å². The molecule has 3 aliphatic heterocycles. The van der Waals surface area contributed by atoms with Crippen LogP contribution in [0.15, 0.2) is 0 Å². The molecule has 0 saturated carbocycles. The first-order chi connectivity index (χ1) is 7.69. The molecule has 3 saturated heterocycles. The Morgan fingerprint density at radius 1 is 1.50 bits per heavy atom. The Bertz CT molecular complexity index is 249. The van der Waals surface area contributed by atoms with Crippen molar-refractivity contribution in [3.8, 4) is 0 Å². The maximum Gasteiger partial charge on any atom is 0.307 e. The fourth-order valence-electron chi connectivity index (χ4n) is 2.91. The van der Waals surface area contributed by atoms with E-state index >= 15 is 0 Å². The van der Waals surface area contributed by atoms with Gasteiger partial charge in [0.2, 0.25) is 0 Å².